The van der Waals surface area contributed by atoms with Gasteiger partial charge in [-0.2, -0.15) is 0 Å². The number of Topliss-reactive ketones (excluding diaryl/α,β-unsaturated/α-hetero) is 1. The van der Waals surface area contributed by atoms with Gasteiger partial charge in [-0.3, -0.25) is 24.3 Å². The van der Waals surface area contributed by atoms with Crippen LogP contribution in [0.2, 0.25) is 0 Å². The molecule has 9 nitrogen and oxygen atoms in total. The van der Waals surface area contributed by atoms with Crippen LogP contribution < -0.4 is 5.32 Å². The molecule has 0 aromatic carbocycles. The number of methoxy groups -OCH3 is 1. The molecule has 1 saturated heterocycles. The van der Waals surface area contributed by atoms with Gasteiger partial charge < -0.3 is 9.64 Å². The lowest BCUT2D eigenvalue weighted by Crippen LogP contribution is -2.42. The minimum atomic E-state index is -0.832. The minimum Gasteiger partial charge on any atom is -0.500 e. The number of nitrogens with one attached hydrogen (secondary N) is 1. The van der Waals surface area contributed by atoms with Gasteiger partial charge in [0.2, 0.25) is 5.91 Å². The first-order valence-electron chi connectivity index (χ1n) is 13.4. The SMILES string of the molecule is C\C=C/C(C)=C\C(=C/C)CC1CCN(C(=O)C2C=Cn3c(cnc3C(=O)C(=O)Nc3nccs3)C=C2OC)CC1. The molecule has 4 heterocycles. The fourth-order valence-corrected chi connectivity index (χ4v) is 5.51. The van der Waals surface area contributed by atoms with E-state index in [-0.39, 0.29) is 11.7 Å². The smallest absolute Gasteiger partial charge is 0.301 e. The lowest BCUT2D eigenvalue weighted by molar-refractivity contribution is -0.135. The third-order valence-corrected chi connectivity index (χ3v) is 7.77. The molecular formula is C30H35N5O4S. The van der Waals surface area contributed by atoms with Crippen molar-refractivity contribution in [3.8, 4) is 0 Å². The number of rotatable bonds is 9. The summed E-state index contributed by atoms with van der Waals surface area (Å²) >= 11 is 1.21. The molecule has 0 radical (unpaired) electrons. The summed E-state index contributed by atoms with van der Waals surface area (Å²) in [5.74, 6) is -1.42. The summed E-state index contributed by atoms with van der Waals surface area (Å²) in [6.07, 6.45) is 19.4. The van der Waals surface area contributed by atoms with Crippen LogP contribution in [-0.2, 0) is 14.3 Å². The molecule has 0 saturated carbocycles. The molecule has 40 heavy (non-hydrogen) atoms. The van der Waals surface area contributed by atoms with E-state index in [1.54, 1.807) is 23.7 Å². The maximum absolute atomic E-state index is 13.6. The van der Waals surface area contributed by atoms with Gasteiger partial charge in [0.25, 0.3) is 5.78 Å². The highest BCUT2D eigenvalue weighted by Crippen LogP contribution is 2.29. The van der Waals surface area contributed by atoms with E-state index in [4.69, 9.17) is 4.74 Å². The van der Waals surface area contributed by atoms with Crippen molar-refractivity contribution in [1.29, 1.82) is 0 Å². The average molecular weight is 562 g/mol. The van der Waals surface area contributed by atoms with Gasteiger partial charge in [-0.25, -0.2) is 9.97 Å². The van der Waals surface area contributed by atoms with Crippen molar-refractivity contribution in [2.75, 3.05) is 25.5 Å². The number of nitrogens with zero attached hydrogens (tertiary/aromatic N) is 4. The summed E-state index contributed by atoms with van der Waals surface area (Å²) in [5.41, 5.74) is 3.08. The van der Waals surface area contributed by atoms with Gasteiger partial charge in [0, 0.05) is 36.9 Å². The zero-order chi connectivity index (χ0) is 28.6. The van der Waals surface area contributed by atoms with Gasteiger partial charge in [-0.05, 0) is 52.0 Å². The van der Waals surface area contributed by atoms with Gasteiger partial charge in [0.1, 0.15) is 11.7 Å². The predicted octanol–water partition coefficient (Wildman–Crippen LogP) is 5.35. The molecule has 1 fully saturated rings. The van der Waals surface area contributed by atoms with Crippen molar-refractivity contribution in [1.82, 2.24) is 19.4 Å². The molecule has 2 aliphatic heterocycles. The fraction of sp³-hybridized carbons (Fsp3) is 0.367. The summed E-state index contributed by atoms with van der Waals surface area (Å²) in [7, 11) is 1.52. The van der Waals surface area contributed by atoms with Crippen molar-refractivity contribution in [2.45, 2.75) is 40.0 Å². The molecule has 1 atom stereocenters. The van der Waals surface area contributed by atoms with E-state index in [0.29, 0.717) is 35.6 Å². The number of piperidine rings is 1. The Morgan fingerprint density at radius 1 is 1.20 bits per heavy atom. The number of imidazole rings is 1. The molecule has 210 valence electrons. The normalized spacial score (nSPS) is 18.4. The van der Waals surface area contributed by atoms with E-state index >= 15 is 0 Å². The number of likely N-dealkylation sites (tertiary alicyclic amines) is 1. The van der Waals surface area contributed by atoms with E-state index < -0.39 is 17.6 Å². The molecule has 4 rings (SSSR count). The van der Waals surface area contributed by atoms with E-state index in [9.17, 15) is 14.4 Å². The Morgan fingerprint density at radius 3 is 2.62 bits per heavy atom. The molecule has 2 aliphatic rings. The molecule has 10 heteroatoms. The highest BCUT2D eigenvalue weighted by atomic mass is 32.1. The first-order chi connectivity index (χ1) is 19.3. The number of thiazole rings is 1. The summed E-state index contributed by atoms with van der Waals surface area (Å²) in [6, 6.07) is 0. The number of carbonyl (C=O) groups is 3. The van der Waals surface area contributed by atoms with Gasteiger partial charge in [0.05, 0.1) is 19.0 Å². The molecule has 2 amide bonds. The van der Waals surface area contributed by atoms with Crippen LogP contribution >= 0.6 is 11.3 Å². The molecule has 0 spiro atoms. The molecule has 1 unspecified atom stereocenters. The number of carbonyl (C=O) groups excluding carboxylic acids is 3. The number of anilines is 1. The van der Waals surface area contributed by atoms with Crippen LogP contribution in [0.15, 0.2) is 65.1 Å². The van der Waals surface area contributed by atoms with Gasteiger partial charge in [0.15, 0.2) is 11.0 Å². The van der Waals surface area contributed by atoms with E-state index in [1.165, 1.54) is 46.6 Å². The first kappa shape index (κ1) is 28.9. The second kappa shape index (κ2) is 13.3. The second-order valence-electron chi connectivity index (χ2n) is 9.79. The van der Waals surface area contributed by atoms with E-state index in [2.05, 4.69) is 47.4 Å². The van der Waals surface area contributed by atoms with Gasteiger partial charge in [-0.1, -0.05) is 35.5 Å². The highest BCUT2D eigenvalue weighted by Gasteiger charge is 2.32. The molecular weight excluding hydrogens is 526 g/mol. The summed E-state index contributed by atoms with van der Waals surface area (Å²) in [4.78, 5) is 49.0. The topological polar surface area (TPSA) is 106 Å². The number of ketones is 1. The van der Waals surface area contributed by atoms with Crippen LogP contribution in [0.4, 0.5) is 5.13 Å². The zero-order valence-corrected chi connectivity index (χ0v) is 24.1. The quantitative estimate of drug-likeness (QED) is 0.251. The third-order valence-electron chi connectivity index (χ3n) is 7.08. The molecule has 2 aromatic rings. The maximum Gasteiger partial charge on any atom is 0.301 e. The minimum absolute atomic E-state index is 0.0500. The number of ether oxygens (including phenoxy) is 1. The Morgan fingerprint density at radius 2 is 1.98 bits per heavy atom. The number of allylic oxidation sites excluding steroid dienone is 6. The zero-order valence-electron chi connectivity index (χ0n) is 23.3. The van der Waals surface area contributed by atoms with Crippen molar-refractivity contribution >= 4 is 46.3 Å². The highest BCUT2D eigenvalue weighted by molar-refractivity contribution is 7.13. The lowest BCUT2D eigenvalue weighted by Gasteiger charge is -2.34. The van der Waals surface area contributed by atoms with Crippen molar-refractivity contribution in [3.05, 3.63) is 76.6 Å². The molecule has 2 aromatic heterocycles. The number of hydrogen-bond acceptors (Lipinski definition) is 7. The second-order valence-corrected chi connectivity index (χ2v) is 10.7. The monoisotopic (exact) mass is 561 g/mol. The average Bonchev–Trinajstić information content (AvgIpc) is 3.57. The third kappa shape index (κ3) is 6.74. The van der Waals surface area contributed by atoms with Crippen molar-refractivity contribution in [2.24, 2.45) is 11.8 Å². The standard InChI is InChI=1S/C30H35N5O4S/c1-5-7-20(3)16-21(6-2)17-22-8-12-34(13-9-22)29(38)24-10-14-35-23(18-25(24)39-4)19-32-27(35)26(36)28(37)33-30-31-11-15-40-30/h5-7,10-11,14-16,18-19,22,24H,8-9,12-13,17H2,1-4H3,(H,31,33,37)/b7-5-,20-16-,21-6+. The van der Waals surface area contributed by atoms with Gasteiger partial charge >= 0.3 is 5.91 Å². The Balaban J connectivity index is 1.43. The van der Waals surface area contributed by atoms with E-state index in [0.717, 1.165) is 19.3 Å². The summed E-state index contributed by atoms with van der Waals surface area (Å²) in [5, 5.41) is 4.52. The van der Waals surface area contributed by atoms with E-state index in [1.807, 2.05) is 17.9 Å². The van der Waals surface area contributed by atoms with Crippen LogP contribution in [0.25, 0.3) is 12.3 Å². The Kier molecular flexibility index (Phi) is 9.65. The maximum atomic E-state index is 13.6. The largest absolute Gasteiger partial charge is 0.500 e. The molecule has 0 bridgehead atoms. The Labute approximate surface area is 238 Å². The van der Waals surface area contributed by atoms with Crippen LogP contribution in [0.1, 0.15) is 56.3 Å². The first-order valence-corrected chi connectivity index (χ1v) is 14.2. The van der Waals surface area contributed by atoms with Crippen molar-refractivity contribution in [3.63, 3.8) is 0 Å². The van der Waals surface area contributed by atoms with Crippen LogP contribution in [0.3, 0.4) is 0 Å². The number of aromatic nitrogens is 3. The molecule has 0 aliphatic carbocycles. The van der Waals surface area contributed by atoms with Crippen LogP contribution in [0.5, 0.6) is 0 Å². The van der Waals surface area contributed by atoms with Gasteiger partial charge in [-0.15, -0.1) is 11.3 Å². The number of amides is 2. The number of hydrogen-bond donors (Lipinski definition) is 1. The Hall–Kier alpha value is -4.05. The predicted molar refractivity (Wildman–Crippen MR) is 157 cm³/mol. The Bertz CT molecular complexity index is 1390. The molecule has 1 N–H and O–H groups in total. The van der Waals surface area contributed by atoms with Crippen LogP contribution in [0, 0.1) is 11.8 Å². The summed E-state index contributed by atoms with van der Waals surface area (Å²) < 4.78 is 7.12. The number of fused-ring (bicyclic) bond motifs is 1. The lowest BCUT2D eigenvalue weighted by atomic mass is 9.88. The van der Waals surface area contributed by atoms with Crippen molar-refractivity contribution < 1.29 is 19.1 Å². The van der Waals surface area contributed by atoms with Crippen LogP contribution in [-0.4, -0.2) is 57.2 Å². The summed E-state index contributed by atoms with van der Waals surface area (Å²) in [6.45, 7) is 7.54. The fourth-order valence-electron chi connectivity index (χ4n) is 4.99.